The Morgan fingerprint density at radius 1 is 0.875 bits per heavy atom. The summed E-state index contributed by atoms with van der Waals surface area (Å²) in [5, 5.41) is 2.13. The van der Waals surface area contributed by atoms with Crippen LogP contribution in [0.1, 0.15) is 0 Å². The fraction of sp³-hybridized carbons (Fsp3) is 0. The molecule has 0 unspecified atom stereocenters. The molecule has 0 atom stereocenters. The third kappa shape index (κ3) is 1.94. The molecule has 3 rings (SSSR count). The Labute approximate surface area is 106 Å². The number of benzene rings is 1. The summed E-state index contributed by atoms with van der Waals surface area (Å²) >= 11 is 1.80. The van der Waals surface area contributed by atoms with E-state index in [4.69, 9.17) is 0 Å². The highest BCUT2D eigenvalue weighted by molar-refractivity contribution is 7.72. The summed E-state index contributed by atoms with van der Waals surface area (Å²) in [4.78, 5) is 4.09. The summed E-state index contributed by atoms with van der Waals surface area (Å²) in [6, 6.07) is 17.1. The van der Waals surface area contributed by atoms with Crippen molar-refractivity contribution in [2.45, 2.75) is 0 Å². The van der Waals surface area contributed by atoms with E-state index in [2.05, 4.69) is 53.9 Å². The molecular formula is C13H9S3+. The Balaban J connectivity index is 2.00. The molecular weight excluding hydrogens is 252 g/mol. The van der Waals surface area contributed by atoms with Gasteiger partial charge in [-0.15, -0.1) is 11.3 Å². The smallest absolute Gasteiger partial charge is 0.143 e. The van der Waals surface area contributed by atoms with Crippen molar-refractivity contribution in [2.75, 3.05) is 0 Å². The van der Waals surface area contributed by atoms with Crippen LogP contribution in [0.3, 0.4) is 0 Å². The fourth-order valence-electron chi connectivity index (χ4n) is 1.52. The van der Waals surface area contributed by atoms with Crippen LogP contribution >= 0.6 is 32.0 Å². The number of hydrogen-bond acceptors (Lipinski definition) is 2. The maximum absolute atomic E-state index is 2.29. The lowest BCUT2D eigenvalue weighted by molar-refractivity contribution is 1.70. The largest absolute Gasteiger partial charge is 0.301 e. The van der Waals surface area contributed by atoms with Crippen LogP contribution in [-0.4, -0.2) is 0 Å². The topological polar surface area (TPSA) is 0 Å². The van der Waals surface area contributed by atoms with E-state index >= 15 is 0 Å². The van der Waals surface area contributed by atoms with E-state index in [0.29, 0.717) is 0 Å². The Morgan fingerprint density at radius 3 is 2.50 bits per heavy atom. The number of hydrogen-bond donors (Lipinski definition) is 0. The lowest BCUT2D eigenvalue weighted by Crippen LogP contribution is -1.68. The van der Waals surface area contributed by atoms with Gasteiger partial charge in [0.05, 0.1) is 0 Å². The van der Waals surface area contributed by atoms with Crippen molar-refractivity contribution in [2.24, 2.45) is 0 Å². The highest BCUT2D eigenvalue weighted by atomic mass is 32.9. The van der Waals surface area contributed by atoms with Crippen molar-refractivity contribution < 1.29 is 0 Å². The highest BCUT2D eigenvalue weighted by Crippen LogP contribution is 2.38. The van der Waals surface area contributed by atoms with Gasteiger partial charge in [0.1, 0.15) is 4.88 Å². The molecule has 0 nitrogen and oxygen atoms in total. The van der Waals surface area contributed by atoms with Gasteiger partial charge in [-0.2, -0.15) is 0 Å². The van der Waals surface area contributed by atoms with Crippen molar-refractivity contribution in [3.63, 3.8) is 0 Å². The lowest BCUT2D eigenvalue weighted by atomic mass is 10.2. The number of rotatable bonds is 2. The molecule has 0 aliphatic carbocycles. The Kier molecular flexibility index (Phi) is 2.82. The maximum Gasteiger partial charge on any atom is 0.301 e. The van der Waals surface area contributed by atoms with Gasteiger partial charge >= 0.3 is 10.3 Å². The van der Waals surface area contributed by atoms with Crippen molar-refractivity contribution in [1.29, 1.82) is 0 Å². The van der Waals surface area contributed by atoms with E-state index in [1.54, 1.807) is 11.3 Å². The van der Waals surface area contributed by atoms with Crippen LogP contribution in [0.25, 0.3) is 20.2 Å². The monoisotopic (exact) mass is 261 g/mol. The molecule has 2 aromatic heterocycles. The molecule has 3 heteroatoms. The summed E-state index contributed by atoms with van der Waals surface area (Å²) < 4.78 is 0. The van der Waals surface area contributed by atoms with E-state index in [1.165, 1.54) is 20.2 Å². The van der Waals surface area contributed by atoms with Gasteiger partial charge in [0.25, 0.3) is 4.88 Å². The predicted octanol–water partition coefficient (Wildman–Crippen LogP) is 5.49. The van der Waals surface area contributed by atoms with Crippen molar-refractivity contribution in [1.82, 2.24) is 0 Å². The molecule has 0 N–H and O–H groups in total. The second kappa shape index (κ2) is 4.45. The van der Waals surface area contributed by atoms with Crippen molar-refractivity contribution >= 4 is 32.0 Å². The zero-order chi connectivity index (χ0) is 10.8. The molecule has 0 spiro atoms. The lowest BCUT2D eigenvalue weighted by Gasteiger charge is -1.87. The van der Waals surface area contributed by atoms with Crippen molar-refractivity contribution in [3.05, 3.63) is 53.9 Å². The van der Waals surface area contributed by atoms with Crippen LogP contribution in [0.2, 0.25) is 0 Å². The molecule has 0 saturated heterocycles. The minimum absolute atomic E-state index is 1.31. The zero-order valence-corrected chi connectivity index (χ0v) is 10.9. The molecule has 16 heavy (non-hydrogen) atoms. The third-order valence-electron chi connectivity index (χ3n) is 2.31. The molecule has 0 fully saturated rings. The van der Waals surface area contributed by atoms with E-state index in [-0.39, 0.29) is 0 Å². The van der Waals surface area contributed by atoms with Crippen LogP contribution in [0.15, 0.2) is 53.9 Å². The molecule has 0 aliphatic heterocycles. The predicted molar refractivity (Wildman–Crippen MR) is 75.4 cm³/mol. The van der Waals surface area contributed by atoms with Gasteiger partial charge in [-0.3, -0.25) is 0 Å². The van der Waals surface area contributed by atoms with Gasteiger partial charge in [0.2, 0.25) is 0 Å². The molecule has 0 aliphatic rings. The Bertz CT molecular complexity index is 564. The normalized spacial score (nSPS) is 10.5. The van der Waals surface area contributed by atoms with Gasteiger partial charge < -0.3 is 0 Å². The van der Waals surface area contributed by atoms with E-state index in [0.717, 1.165) is 0 Å². The first kappa shape index (κ1) is 10.1. The van der Waals surface area contributed by atoms with E-state index in [9.17, 15) is 0 Å². The Hall–Kier alpha value is -1.03. The molecule has 78 valence electrons. The van der Waals surface area contributed by atoms with Gasteiger partial charge in [0, 0.05) is 16.5 Å². The van der Waals surface area contributed by atoms with Crippen LogP contribution in [0.5, 0.6) is 0 Å². The minimum Gasteiger partial charge on any atom is -0.143 e. The second-order valence-corrected chi connectivity index (χ2v) is 6.54. The first-order chi connectivity index (χ1) is 7.93. The minimum atomic E-state index is 1.31. The standard InChI is InChI=1S/C13H9S3/c1-2-5-10(6-3-1)12-9-13(16-15-12)11-7-4-8-14-11/h1-9H/q+1. The first-order valence-electron chi connectivity index (χ1n) is 4.96. The average molecular weight is 261 g/mol. The summed E-state index contributed by atoms with van der Waals surface area (Å²) in [6.45, 7) is 0. The fourth-order valence-corrected chi connectivity index (χ4v) is 4.94. The highest BCUT2D eigenvalue weighted by Gasteiger charge is 2.16. The molecule has 3 aromatic rings. The Morgan fingerprint density at radius 2 is 1.75 bits per heavy atom. The van der Waals surface area contributed by atoms with Crippen LogP contribution < -0.4 is 0 Å². The molecule has 0 bridgehead atoms. The molecule has 1 aromatic carbocycles. The summed E-state index contributed by atoms with van der Waals surface area (Å²) in [5.74, 6) is 0. The summed E-state index contributed by atoms with van der Waals surface area (Å²) in [6.07, 6.45) is 0. The molecule has 0 amide bonds. The quantitative estimate of drug-likeness (QED) is 0.423. The van der Waals surface area contributed by atoms with Gasteiger partial charge in [0.15, 0.2) is 10.3 Å². The van der Waals surface area contributed by atoms with Crippen molar-refractivity contribution in [3.8, 4) is 20.2 Å². The van der Waals surface area contributed by atoms with Crippen LogP contribution in [0, 0.1) is 0 Å². The van der Waals surface area contributed by atoms with Crippen LogP contribution in [0.4, 0.5) is 0 Å². The molecule has 0 saturated carbocycles. The first-order valence-corrected chi connectivity index (χ1v) is 7.99. The SMILES string of the molecule is c1ccc(-c2cc(-c3cccs3)s[s+]2)cc1. The van der Waals surface area contributed by atoms with Gasteiger partial charge in [-0.25, -0.2) is 0 Å². The second-order valence-electron chi connectivity index (χ2n) is 3.38. The van der Waals surface area contributed by atoms with Crippen LogP contribution in [-0.2, 0) is 0 Å². The maximum atomic E-state index is 2.29. The third-order valence-corrected chi connectivity index (χ3v) is 5.80. The average Bonchev–Trinajstić information content (AvgIpc) is 3.01. The summed E-state index contributed by atoms with van der Waals surface area (Å²) in [7, 11) is 3.70. The van der Waals surface area contributed by atoms with E-state index in [1.807, 2.05) is 20.7 Å². The van der Waals surface area contributed by atoms with E-state index < -0.39 is 0 Å². The van der Waals surface area contributed by atoms with Gasteiger partial charge in [-0.05, 0) is 23.6 Å². The molecule has 0 radical (unpaired) electrons. The molecule has 2 heterocycles. The van der Waals surface area contributed by atoms with Gasteiger partial charge in [-0.1, -0.05) is 24.3 Å². The summed E-state index contributed by atoms with van der Waals surface area (Å²) in [5.41, 5.74) is 1.31. The number of thiophene rings is 1. The zero-order valence-electron chi connectivity index (χ0n) is 8.42.